The minimum absolute atomic E-state index is 0.464. The lowest BCUT2D eigenvalue weighted by Gasteiger charge is -2.23. The maximum atomic E-state index is 11.4. The molecule has 112 valence electrons. The fourth-order valence-corrected chi connectivity index (χ4v) is 2.69. The average Bonchev–Trinajstić information content (AvgIpc) is 2.73. The van der Waals surface area contributed by atoms with Crippen molar-refractivity contribution < 1.29 is 19.7 Å². The second-order valence-corrected chi connectivity index (χ2v) is 6.12. The molecule has 5 heteroatoms. The maximum Gasteiger partial charge on any atom is 0.378 e. The third-order valence-corrected chi connectivity index (χ3v) is 4.31. The maximum absolute atomic E-state index is 11.4. The summed E-state index contributed by atoms with van der Waals surface area (Å²) >= 11 is 3.39. The highest BCUT2D eigenvalue weighted by Crippen LogP contribution is 2.39. The first-order valence-corrected chi connectivity index (χ1v) is 7.43. The number of hydrogen-bond donors (Lipinski definition) is 2. The number of esters is 1. The van der Waals surface area contributed by atoms with Gasteiger partial charge in [-0.25, -0.2) is 4.79 Å². The summed E-state index contributed by atoms with van der Waals surface area (Å²) in [7, 11) is 0. The van der Waals surface area contributed by atoms with Crippen LogP contribution in [0.3, 0.4) is 0 Å². The molecule has 1 aliphatic rings. The third-order valence-electron chi connectivity index (χ3n) is 3.78. The molecule has 4 nitrogen and oxygen atoms in total. The zero-order valence-corrected chi connectivity index (χ0v) is 13.3. The van der Waals surface area contributed by atoms with Gasteiger partial charge in [0.25, 0.3) is 0 Å². The van der Waals surface area contributed by atoms with Gasteiger partial charge in [0.2, 0.25) is 5.76 Å². The van der Waals surface area contributed by atoms with E-state index in [9.17, 15) is 15.0 Å². The summed E-state index contributed by atoms with van der Waals surface area (Å²) < 4.78 is 6.11. The molecule has 22 heavy (non-hydrogen) atoms. The van der Waals surface area contributed by atoms with Crippen molar-refractivity contribution in [3.05, 3.63) is 70.1 Å². The lowest BCUT2D eigenvalue weighted by molar-refractivity contribution is -0.149. The molecule has 1 aliphatic heterocycles. The Morgan fingerprint density at radius 3 is 1.91 bits per heavy atom. The zero-order valence-electron chi connectivity index (χ0n) is 11.7. The van der Waals surface area contributed by atoms with E-state index in [0.717, 1.165) is 15.6 Å². The molecule has 1 unspecified atom stereocenters. The summed E-state index contributed by atoms with van der Waals surface area (Å²) in [5.41, 5.74) is 1.28. The Kier molecular flexibility index (Phi) is 3.45. The van der Waals surface area contributed by atoms with Crippen LogP contribution in [0.15, 0.2) is 64.5 Å². The van der Waals surface area contributed by atoms with E-state index in [2.05, 4.69) is 15.9 Å². The van der Waals surface area contributed by atoms with E-state index in [0.29, 0.717) is 5.56 Å². The summed E-state index contributed by atoms with van der Waals surface area (Å²) in [4.78, 5) is 11.4. The Labute approximate surface area is 135 Å². The highest BCUT2D eigenvalue weighted by molar-refractivity contribution is 9.10. The summed E-state index contributed by atoms with van der Waals surface area (Å²) in [6.45, 7) is 1.54. The van der Waals surface area contributed by atoms with E-state index in [1.807, 2.05) is 36.4 Å². The van der Waals surface area contributed by atoms with Crippen LogP contribution in [0.1, 0.15) is 12.5 Å². The second kappa shape index (κ2) is 5.18. The predicted molar refractivity (Wildman–Crippen MR) is 85.3 cm³/mol. The lowest BCUT2D eigenvalue weighted by atomic mass is 9.92. The van der Waals surface area contributed by atoms with E-state index in [-0.39, 0.29) is 0 Å². The molecule has 0 saturated heterocycles. The van der Waals surface area contributed by atoms with Gasteiger partial charge in [-0.2, -0.15) is 0 Å². The molecule has 3 rings (SSSR count). The fraction of sp³-hybridized carbons (Fsp3) is 0.118. The molecule has 0 aromatic heterocycles. The Morgan fingerprint density at radius 1 is 0.955 bits per heavy atom. The Hall–Kier alpha value is -2.27. The van der Waals surface area contributed by atoms with Gasteiger partial charge in [0.1, 0.15) is 0 Å². The molecule has 2 aromatic carbocycles. The van der Waals surface area contributed by atoms with E-state index in [1.165, 1.54) is 6.92 Å². The van der Waals surface area contributed by atoms with E-state index in [1.54, 1.807) is 12.1 Å². The van der Waals surface area contributed by atoms with Crippen LogP contribution in [0.4, 0.5) is 0 Å². The van der Waals surface area contributed by atoms with Crippen LogP contribution < -0.4 is 0 Å². The number of carbonyl (C=O) groups excluding carboxylic acids is 1. The molecular weight excluding hydrogens is 348 g/mol. The number of cyclic esters (lactones) is 1. The summed E-state index contributed by atoms with van der Waals surface area (Å²) in [6, 6.07) is 15.2. The Morgan fingerprint density at radius 2 is 1.45 bits per heavy atom. The van der Waals surface area contributed by atoms with Gasteiger partial charge in [-0.15, -0.1) is 0 Å². The molecule has 2 N–H and O–H groups in total. The highest BCUT2D eigenvalue weighted by atomic mass is 79.9. The van der Waals surface area contributed by atoms with Gasteiger partial charge < -0.3 is 14.9 Å². The fourth-order valence-electron chi connectivity index (χ4n) is 2.42. The van der Waals surface area contributed by atoms with Gasteiger partial charge in [-0.1, -0.05) is 52.3 Å². The van der Waals surface area contributed by atoms with Crippen molar-refractivity contribution in [3.8, 4) is 11.1 Å². The summed E-state index contributed by atoms with van der Waals surface area (Å²) in [5, 5.41) is 19.4. The minimum atomic E-state index is -1.35. The van der Waals surface area contributed by atoms with Crippen LogP contribution in [0.5, 0.6) is 0 Å². The van der Waals surface area contributed by atoms with Gasteiger partial charge in [0.15, 0.2) is 11.4 Å². The molecule has 0 spiro atoms. The molecule has 0 radical (unpaired) electrons. The van der Waals surface area contributed by atoms with E-state index >= 15 is 0 Å². The number of benzene rings is 2. The molecule has 0 fully saturated rings. The molecule has 0 saturated carbocycles. The van der Waals surface area contributed by atoms with E-state index in [4.69, 9.17) is 4.74 Å². The van der Waals surface area contributed by atoms with Crippen molar-refractivity contribution in [1.29, 1.82) is 0 Å². The quantitative estimate of drug-likeness (QED) is 0.787. The second-order valence-electron chi connectivity index (χ2n) is 5.20. The van der Waals surface area contributed by atoms with Crippen molar-refractivity contribution in [3.63, 3.8) is 0 Å². The van der Waals surface area contributed by atoms with Crippen molar-refractivity contribution in [2.24, 2.45) is 0 Å². The third kappa shape index (κ3) is 2.27. The van der Waals surface area contributed by atoms with Crippen LogP contribution in [0, 0.1) is 0 Å². The van der Waals surface area contributed by atoms with Crippen molar-refractivity contribution >= 4 is 21.9 Å². The van der Waals surface area contributed by atoms with Crippen LogP contribution >= 0.6 is 15.9 Å². The van der Waals surface area contributed by atoms with Gasteiger partial charge >= 0.3 is 5.97 Å². The minimum Gasteiger partial charge on any atom is -0.505 e. The normalized spacial score (nSPS) is 21.1. The lowest BCUT2D eigenvalue weighted by Crippen LogP contribution is -2.25. The van der Waals surface area contributed by atoms with E-state index < -0.39 is 23.1 Å². The zero-order chi connectivity index (χ0) is 15.9. The molecule has 0 aliphatic carbocycles. The highest BCUT2D eigenvalue weighted by Gasteiger charge is 2.46. The average molecular weight is 361 g/mol. The number of aliphatic hydroxyl groups is 2. The molecule has 2 aromatic rings. The van der Waals surface area contributed by atoms with Gasteiger partial charge in [0.05, 0.1) is 0 Å². The number of halogens is 1. The largest absolute Gasteiger partial charge is 0.505 e. The van der Waals surface area contributed by atoms with Gasteiger partial charge in [-0.05, 0) is 30.2 Å². The van der Waals surface area contributed by atoms with Crippen molar-refractivity contribution in [2.45, 2.75) is 12.5 Å². The molecular formula is C17H13BrO4. The van der Waals surface area contributed by atoms with Crippen molar-refractivity contribution in [2.75, 3.05) is 0 Å². The van der Waals surface area contributed by atoms with Crippen LogP contribution in [0.25, 0.3) is 11.1 Å². The standard InChI is InChI=1S/C17H13BrO4/c1-17(15(20)14(19)16(21)22-17)12-6-2-10(3-7-12)11-4-8-13(18)9-5-11/h2-9,19-20H,1H3. The first-order chi connectivity index (χ1) is 10.4. The molecule has 0 bridgehead atoms. The Balaban J connectivity index is 1.95. The number of rotatable bonds is 2. The van der Waals surface area contributed by atoms with Crippen LogP contribution in [-0.2, 0) is 15.1 Å². The topological polar surface area (TPSA) is 66.8 Å². The van der Waals surface area contributed by atoms with Gasteiger partial charge in [-0.3, -0.25) is 0 Å². The van der Waals surface area contributed by atoms with Crippen molar-refractivity contribution in [1.82, 2.24) is 0 Å². The molecule has 1 heterocycles. The number of ether oxygens (including phenoxy) is 1. The van der Waals surface area contributed by atoms with Crippen LogP contribution in [0.2, 0.25) is 0 Å². The molecule has 0 amide bonds. The summed E-state index contributed by atoms with van der Waals surface area (Å²) in [6.07, 6.45) is 0. The number of aliphatic hydroxyl groups excluding tert-OH is 2. The number of hydrogen-bond acceptors (Lipinski definition) is 4. The molecule has 1 atom stereocenters. The SMILES string of the molecule is CC1(c2ccc(-c3ccc(Br)cc3)cc2)OC(=O)C(O)=C1O. The smallest absolute Gasteiger partial charge is 0.378 e. The summed E-state index contributed by atoms with van der Waals surface area (Å²) in [5.74, 6) is -2.12. The Bertz CT molecular complexity index is 762. The van der Waals surface area contributed by atoms with Gasteiger partial charge in [0, 0.05) is 10.0 Å². The monoisotopic (exact) mass is 360 g/mol. The first kappa shape index (κ1) is 14.7. The number of carbonyl (C=O) groups is 1. The first-order valence-electron chi connectivity index (χ1n) is 6.64. The predicted octanol–water partition coefficient (Wildman–Crippen LogP) is 4.22. The van der Waals surface area contributed by atoms with Crippen LogP contribution in [-0.4, -0.2) is 16.2 Å².